The monoisotopic (exact) mass is 354 g/mol. The van der Waals surface area contributed by atoms with Crippen LogP contribution in [0.25, 0.3) is 0 Å². The van der Waals surface area contributed by atoms with Crippen molar-refractivity contribution in [3.8, 4) is 0 Å². The van der Waals surface area contributed by atoms with Crippen molar-refractivity contribution >= 4 is 21.6 Å². The predicted molar refractivity (Wildman–Crippen MR) is 73.7 cm³/mol. The van der Waals surface area contributed by atoms with E-state index in [2.05, 4.69) is 15.9 Å². The van der Waals surface area contributed by atoms with E-state index < -0.39 is 12.7 Å². The Labute approximate surface area is 123 Å². The first-order chi connectivity index (χ1) is 9.39. The van der Waals surface area contributed by atoms with Crippen molar-refractivity contribution in [1.29, 1.82) is 0 Å². The van der Waals surface area contributed by atoms with Gasteiger partial charge in [-0.3, -0.25) is 4.90 Å². The number of rotatable bonds is 3. The molecule has 1 aromatic rings. The first kappa shape index (κ1) is 15.6. The highest BCUT2D eigenvalue weighted by atomic mass is 79.9. The summed E-state index contributed by atoms with van der Waals surface area (Å²) in [6.45, 7) is 0.492. The molecule has 7 heteroatoms. The molecule has 2 nitrogen and oxygen atoms in total. The van der Waals surface area contributed by atoms with Gasteiger partial charge in [0, 0.05) is 31.5 Å². The molecule has 0 aromatic heterocycles. The van der Waals surface area contributed by atoms with E-state index in [1.807, 2.05) is 6.07 Å². The average Bonchev–Trinajstić information content (AvgIpc) is 2.38. The molecule has 2 rings (SSSR count). The van der Waals surface area contributed by atoms with Gasteiger partial charge in [0.1, 0.15) is 5.82 Å². The number of benzene rings is 1. The molecule has 0 amide bonds. The minimum Gasteiger partial charge on any atom is -0.367 e. The Kier molecular flexibility index (Phi) is 4.90. The second-order valence-corrected chi connectivity index (χ2v) is 5.36. The summed E-state index contributed by atoms with van der Waals surface area (Å²) in [7, 11) is 0. The van der Waals surface area contributed by atoms with Gasteiger partial charge >= 0.3 is 6.18 Å². The smallest absolute Gasteiger partial charge is 0.367 e. The third kappa shape index (κ3) is 4.09. The maximum absolute atomic E-state index is 13.9. The highest BCUT2D eigenvalue weighted by molar-refractivity contribution is 9.08. The Bertz CT molecular complexity index is 456. The molecule has 1 heterocycles. The summed E-state index contributed by atoms with van der Waals surface area (Å²) in [5.74, 6) is -0.328. The fourth-order valence-corrected chi connectivity index (χ4v) is 2.64. The fourth-order valence-electron chi connectivity index (χ4n) is 2.29. The number of nitrogens with zero attached hydrogens (tertiary/aromatic N) is 2. The van der Waals surface area contributed by atoms with E-state index in [0.717, 1.165) is 5.56 Å². The van der Waals surface area contributed by atoms with Crippen LogP contribution in [0.5, 0.6) is 0 Å². The van der Waals surface area contributed by atoms with Gasteiger partial charge in [-0.05, 0) is 17.7 Å². The summed E-state index contributed by atoms with van der Waals surface area (Å²) in [6, 6.07) is 4.95. The van der Waals surface area contributed by atoms with Gasteiger partial charge in [0.2, 0.25) is 0 Å². The maximum Gasteiger partial charge on any atom is 0.401 e. The fraction of sp³-hybridized carbons (Fsp3) is 0.538. The van der Waals surface area contributed by atoms with Gasteiger partial charge in [-0.2, -0.15) is 13.2 Å². The Morgan fingerprint density at radius 1 is 1.10 bits per heavy atom. The van der Waals surface area contributed by atoms with Gasteiger partial charge in [-0.15, -0.1) is 0 Å². The van der Waals surface area contributed by atoms with E-state index in [0.29, 0.717) is 37.2 Å². The molecule has 1 saturated heterocycles. The van der Waals surface area contributed by atoms with Crippen LogP contribution in [0.4, 0.5) is 23.2 Å². The van der Waals surface area contributed by atoms with Crippen LogP contribution >= 0.6 is 15.9 Å². The van der Waals surface area contributed by atoms with Crippen LogP contribution in [0.15, 0.2) is 18.2 Å². The maximum atomic E-state index is 13.9. The summed E-state index contributed by atoms with van der Waals surface area (Å²) in [5.41, 5.74) is 1.29. The zero-order valence-corrected chi connectivity index (χ0v) is 12.3. The lowest BCUT2D eigenvalue weighted by atomic mass is 10.2. The van der Waals surface area contributed by atoms with Crippen molar-refractivity contribution in [2.75, 3.05) is 37.6 Å². The summed E-state index contributed by atoms with van der Waals surface area (Å²) in [4.78, 5) is 3.14. The third-order valence-electron chi connectivity index (χ3n) is 3.28. The van der Waals surface area contributed by atoms with Crippen LogP contribution in [-0.4, -0.2) is 43.8 Å². The highest BCUT2D eigenvalue weighted by Gasteiger charge is 2.32. The lowest BCUT2D eigenvalue weighted by Gasteiger charge is -2.36. The number of halogens is 5. The Morgan fingerprint density at radius 2 is 1.75 bits per heavy atom. The van der Waals surface area contributed by atoms with E-state index in [4.69, 9.17) is 0 Å². The molecule has 1 aliphatic heterocycles. The lowest BCUT2D eigenvalue weighted by molar-refractivity contribution is -0.146. The van der Waals surface area contributed by atoms with Crippen LogP contribution in [0.2, 0.25) is 0 Å². The molecule has 112 valence electrons. The van der Waals surface area contributed by atoms with Crippen molar-refractivity contribution in [2.45, 2.75) is 11.5 Å². The molecular weight excluding hydrogens is 340 g/mol. The summed E-state index contributed by atoms with van der Waals surface area (Å²) in [5, 5.41) is 0.573. The zero-order chi connectivity index (χ0) is 14.8. The van der Waals surface area contributed by atoms with Gasteiger partial charge in [-0.1, -0.05) is 22.0 Å². The molecule has 0 saturated carbocycles. The number of anilines is 1. The minimum absolute atomic E-state index is 0.291. The van der Waals surface area contributed by atoms with Crippen molar-refractivity contribution in [2.24, 2.45) is 0 Å². The number of alkyl halides is 4. The van der Waals surface area contributed by atoms with Crippen LogP contribution in [0.1, 0.15) is 5.56 Å². The summed E-state index contributed by atoms with van der Waals surface area (Å²) >= 11 is 3.25. The van der Waals surface area contributed by atoms with Crippen LogP contribution < -0.4 is 4.90 Å². The van der Waals surface area contributed by atoms with Crippen molar-refractivity contribution in [3.63, 3.8) is 0 Å². The normalized spacial score (nSPS) is 17.6. The highest BCUT2D eigenvalue weighted by Crippen LogP contribution is 2.24. The molecule has 20 heavy (non-hydrogen) atoms. The molecule has 1 fully saturated rings. The minimum atomic E-state index is -4.18. The lowest BCUT2D eigenvalue weighted by Crippen LogP contribution is -2.49. The molecule has 0 N–H and O–H groups in total. The quantitative estimate of drug-likeness (QED) is 0.606. The first-order valence-corrected chi connectivity index (χ1v) is 7.39. The molecule has 0 spiro atoms. The number of hydrogen-bond donors (Lipinski definition) is 0. The Balaban J connectivity index is 1.97. The van der Waals surface area contributed by atoms with Crippen LogP contribution in [-0.2, 0) is 5.33 Å². The SMILES string of the molecule is Fc1cc(CBr)ccc1N1CCN(CC(F)(F)F)CC1. The second kappa shape index (κ2) is 6.30. The van der Waals surface area contributed by atoms with Crippen molar-refractivity contribution in [1.82, 2.24) is 4.90 Å². The molecule has 1 aromatic carbocycles. The summed E-state index contributed by atoms with van der Waals surface area (Å²) < 4.78 is 50.8. The van der Waals surface area contributed by atoms with E-state index >= 15 is 0 Å². The Morgan fingerprint density at radius 3 is 2.25 bits per heavy atom. The van der Waals surface area contributed by atoms with Crippen molar-refractivity contribution < 1.29 is 17.6 Å². The van der Waals surface area contributed by atoms with E-state index in [1.165, 1.54) is 11.0 Å². The van der Waals surface area contributed by atoms with E-state index in [-0.39, 0.29) is 5.82 Å². The van der Waals surface area contributed by atoms with Gasteiger partial charge < -0.3 is 4.90 Å². The topological polar surface area (TPSA) is 6.48 Å². The third-order valence-corrected chi connectivity index (χ3v) is 3.93. The average molecular weight is 355 g/mol. The predicted octanol–water partition coefficient (Wildman–Crippen LogP) is 3.40. The zero-order valence-electron chi connectivity index (χ0n) is 10.8. The number of piperazine rings is 1. The number of hydrogen-bond acceptors (Lipinski definition) is 2. The standard InChI is InChI=1S/C13H15BrF4N2/c14-8-10-1-2-12(11(15)7-10)20-5-3-19(4-6-20)9-13(16,17)18/h1-2,7H,3-6,8-9H2. The van der Waals surface area contributed by atoms with Crippen LogP contribution in [0.3, 0.4) is 0 Å². The van der Waals surface area contributed by atoms with Gasteiger partial charge in [0.15, 0.2) is 0 Å². The van der Waals surface area contributed by atoms with Gasteiger partial charge in [0.05, 0.1) is 12.2 Å². The second-order valence-electron chi connectivity index (χ2n) is 4.80. The largest absolute Gasteiger partial charge is 0.401 e. The molecular formula is C13H15BrF4N2. The molecule has 0 unspecified atom stereocenters. The Hall–Kier alpha value is -0.820. The van der Waals surface area contributed by atoms with E-state index in [1.54, 1.807) is 11.0 Å². The van der Waals surface area contributed by atoms with Gasteiger partial charge in [0.25, 0.3) is 0 Å². The first-order valence-electron chi connectivity index (χ1n) is 6.27. The van der Waals surface area contributed by atoms with E-state index in [9.17, 15) is 17.6 Å². The van der Waals surface area contributed by atoms with Gasteiger partial charge in [-0.25, -0.2) is 4.39 Å². The summed E-state index contributed by atoms with van der Waals surface area (Å²) in [6.07, 6.45) is -4.18. The molecule has 0 atom stereocenters. The molecule has 0 radical (unpaired) electrons. The molecule has 0 bridgehead atoms. The van der Waals surface area contributed by atoms with Crippen molar-refractivity contribution in [3.05, 3.63) is 29.6 Å². The molecule has 0 aliphatic carbocycles. The van der Waals surface area contributed by atoms with Crippen LogP contribution in [0, 0.1) is 5.82 Å². The molecule has 1 aliphatic rings.